The van der Waals surface area contributed by atoms with Crippen molar-refractivity contribution >= 4 is 33.3 Å². The standard InChI is InChI=1S/C14H13Cl2FN2O4S/c1-24(21,22)23-11-6-8(10(17)7-9(11)15)12-13(16)18-4-2-3-5-19(18)14(12)20/h6-7H,2-5H2,1H3. The molecule has 0 saturated carbocycles. The second-order valence-corrected chi connectivity index (χ2v) is 7.81. The largest absolute Gasteiger partial charge is 0.381 e. The second-order valence-electron chi connectivity index (χ2n) is 5.47. The summed E-state index contributed by atoms with van der Waals surface area (Å²) < 4.78 is 44.8. The van der Waals surface area contributed by atoms with Crippen molar-refractivity contribution in [2.24, 2.45) is 0 Å². The Bertz CT molecular complexity index is 982. The van der Waals surface area contributed by atoms with Crippen LogP contribution in [0.5, 0.6) is 5.75 Å². The molecule has 0 aliphatic carbocycles. The number of hydrogen-bond donors (Lipinski definition) is 0. The van der Waals surface area contributed by atoms with Crippen LogP contribution in [0.25, 0.3) is 11.1 Å². The third-order valence-electron chi connectivity index (χ3n) is 3.69. The molecular formula is C14H13Cl2FN2O4S. The molecule has 0 N–H and O–H groups in total. The van der Waals surface area contributed by atoms with Gasteiger partial charge < -0.3 is 4.18 Å². The lowest BCUT2D eigenvalue weighted by Gasteiger charge is -2.17. The molecule has 0 spiro atoms. The third-order valence-corrected chi connectivity index (χ3v) is 4.86. The summed E-state index contributed by atoms with van der Waals surface area (Å²) in [5.74, 6) is -1.05. The van der Waals surface area contributed by atoms with E-state index in [-0.39, 0.29) is 27.1 Å². The van der Waals surface area contributed by atoms with Crippen LogP contribution in [-0.2, 0) is 23.2 Å². The Morgan fingerprint density at radius 1 is 1.17 bits per heavy atom. The van der Waals surface area contributed by atoms with Crippen molar-refractivity contribution in [1.29, 1.82) is 0 Å². The average Bonchev–Trinajstić information content (AvgIpc) is 2.74. The summed E-state index contributed by atoms with van der Waals surface area (Å²) in [7, 11) is -3.86. The fourth-order valence-corrected chi connectivity index (χ4v) is 3.76. The molecule has 0 amide bonds. The highest BCUT2D eigenvalue weighted by molar-refractivity contribution is 7.86. The van der Waals surface area contributed by atoms with Crippen LogP contribution in [0, 0.1) is 5.82 Å². The number of rotatable bonds is 3. The lowest BCUT2D eigenvalue weighted by atomic mass is 10.1. The van der Waals surface area contributed by atoms with Crippen LogP contribution in [0.3, 0.4) is 0 Å². The SMILES string of the molecule is CS(=O)(=O)Oc1cc(-c2c(Cl)n3n(c2=O)CCCC3)c(F)cc1Cl. The maximum absolute atomic E-state index is 14.4. The van der Waals surface area contributed by atoms with Gasteiger partial charge in [-0.25, -0.2) is 9.07 Å². The van der Waals surface area contributed by atoms with E-state index in [4.69, 9.17) is 27.4 Å². The second kappa shape index (κ2) is 6.09. The predicted octanol–water partition coefficient (Wildman–Crippen LogP) is 2.89. The monoisotopic (exact) mass is 394 g/mol. The van der Waals surface area contributed by atoms with Crippen LogP contribution >= 0.6 is 23.2 Å². The summed E-state index contributed by atoms with van der Waals surface area (Å²) in [5.41, 5.74) is -0.625. The summed E-state index contributed by atoms with van der Waals surface area (Å²) in [5, 5.41) is -0.117. The van der Waals surface area contributed by atoms with E-state index in [0.717, 1.165) is 31.2 Å². The fourth-order valence-electron chi connectivity index (χ4n) is 2.70. The first-order valence-corrected chi connectivity index (χ1v) is 9.64. The van der Waals surface area contributed by atoms with Gasteiger partial charge in [-0.1, -0.05) is 23.2 Å². The van der Waals surface area contributed by atoms with Gasteiger partial charge in [0.15, 0.2) is 5.75 Å². The summed E-state index contributed by atoms with van der Waals surface area (Å²) in [6, 6.07) is 1.97. The van der Waals surface area contributed by atoms with E-state index in [1.54, 1.807) is 4.68 Å². The Morgan fingerprint density at radius 2 is 1.79 bits per heavy atom. The first-order chi connectivity index (χ1) is 11.2. The molecule has 6 nitrogen and oxygen atoms in total. The molecule has 2 heterocycles. The third kappa shape index (κ3) is 3.05. The lowest BCUT2D eigenvalue weighted by molar-refractivity contribution is 0.356. The smallest absolute Gasteiger partial charge is 0.306 e. The lowest BCUT2D eigenvalue weighted by Crippen LogP contribution is -2.27. The van der Waals surface area contributed by atoms with Gasteiger partial charge in [0.25, 0.3) is 5.56 Å². The van der Waals surface area contributed by atoms with Crippen LogP contribution in [0.1, 0.15) is 12.8 Å². The maximum atomic E-state index is 14.4. The van der Waals surface area contributed by atoms with Crippen molar-refractivity contribution in [2.75, 3.05) is 6.26 Å². The molecule has 0 unspecified atom stereocenters. The molecule has 1 aliphatic heterocycles. The van der Waals surface area contributed by atoms with Crippen LogP contribution in [0.15, 0.2) is 16.9 Å². The molecule has 1 aromatic carbocycles. The molecule has 0 bridgehead atoms. The van der Waals surface area contributed by atoms with Crippen molar-refractivity contribution in [3.8, 4) is 16.9 Å². The Hall–Kier alpha value is -1.51. The van der Waals surface area contributed by atoms with E-state index in [1.165, 1.54) is 4.68 Å². The fraction of sp³-hybridized carbons (Fsp3) is 0.357. The number of nitrogens with zero attached hydrogens (tertiary/aromatic N) is 2. The number of benzene rings is 1. The van der Waals surface area contributed by atoms with Crippen molar-refractivity contribution < 1.29 is 17.0 Å². The van der Waals surface area contributed by atoms with Gasteiger partial charge in [-0.15, -0.1) is 0 Å². The predicted molar refractivity (Wildman–Crippen MR) is 88.8 cm³/mol. The van der Waals surface area contributed by atoms with Gasteiger partial charge in [0.1, 0.15) is 11.0 Å². The van der Waals surface area contributed by atoms with E-state index in [2.05, 4.69) is 0 Å². The van der Waals surface area contributed by atoms with Gasteiger partial charge in [-0.2, -0.15) is 8.42 Å². The van der Waals surface area contributed by atoms with Gasteiger partial charge in [-0.3, -0.25) is 9.48 Å². The van der Waals surface area contributed by atoms with Gasteiger partial charge >= 0.3 is 10.1 Å². The minimum Gasteiger partial charge on any atom is -0.381 e. The highest BCUT2D eigenvalue weighted by Gasteiger charge is 2.25. The molecular weight excluding hydrogens is 382 g/mol. The topological polar surface area (TPSA) is 70.3 Å². The van der Waals surface area contributed by atoms with Gasteiger partial charge in [0.05, 0.1) is 16.8 Å². The van der Waals surface area contributed by atoms with E-state index in [1.807, 2.05) is 0 Å². The molecule has 2 aromatic rings. The highest BCUT2D eigenvalue weighted by atomic mass is 35.5. The Labute approximate surface area is 147 Å². The first-order valence-electron chi connectivity index (χ1n) is 7.07. The van der Waals surface area contributed by atoms with Crippen molar-refractivity contribution in [3.63, 3.8) is 0 Å². The van der Waals surface area contributed by atoms with Gasteiger partial charge in [-0.05, 0) is 25.0 Å². The number of halogens is 3. The maximum Gasteiger partial charge on any atom is 0.306 e. The molecule has 1 aliphatic rings. The molecule has 1 aromatic heterocycles. The number of aromatic nitrogens is 2. The van der Waals surface area contributed by atoms with E-state index in [0.29, 0.717) is 13.1 Å². The molecule has 0 atom stereocenters. The quantitative estimate of drug-likeness (QED) is 0.750. The van der Waals surface area contributed by atoms with E-state index >= 15 is 0 Å². The molecule has 3 rings (SSSR count). The van der Waals surface area contributed by atoms with Crippen molar-refractivity contribution in [3.05, 3.63) is 38.5 Å². The zero-order valence-electron chi connectivity index (χ0n) is 12.6. The summed E-state index contributed by atoms with van der Waals surface area (Å²) in [4.78, 5) is 12.6. The highest BCUT2D eigenvalue weighted by Crippen LogP contribution is 2.36. The molecule has 24 heavy (non-hydrogen) atoms. The first kappa shape index (κ1) is 17.3. The molecule has 0 fully saturated rings. The van der Waals surface area contributed by atoms with Crippen LogP contribution in [-0.4, -0.2) is 24.0 Å². The van der Waals surface area contributed by atoms with Crippen LogP contribution < -0.4 is 9.74 Å². The summed E-state index contributed by atoms with van der Waals surface area (Å²) >= 11 is 12.1. The summed E-state index contributed by atoms with van der Waals surface area (Å²) in [6.45, 7) is 1.04. The zero-order chi connectivity index (χ0) is 17.6. The van der Waals surface area contributed by atoms with E-state index in [9.17, 15) is 17.6 Å². The summed E-state index contributed by atoms with van der Waals surface area (Å²) in [6.07, 6.45) is 2.52. The number of fused-ring (bicyclic) bond motifs is 1. The van der Waals surface area contributed by atoms with Crippen molar-refractivity contribution in [2.45, 2.75) is 25.9 Å². The molecule has 0 radical (unpaired) electrons. The van der Waals surface area contributed by atoms with Crippen molar-refractivity contribution in [1.82, 2.24) is 9.36 Å². The Morgan fingerprint density at radius 3 is 2.38 bits per heavy atom. The van der Waals surface area contributed by atoms with Crippen LogP contribution in [0.4, 0.5) is 4.39 Å². The average molecular weight is 395 g/mol. The molecule has 10 heteroatoms. The van der Waals surface area contributed by atoms with Gasteiger partial charge in [0.2, 0.25) is 0 Å². The molecule has 130 valence electrons. The van der Waals surface area contributed by atoms with Gasteiger partial charge in [0, 0.05) is 18.7 Å². The minimum atomic E-state index is -3.86. The minimum absolute atomic E-state index is 0.0360. The normalized spacial score (nSPS) is 14.5. The Kier molecular flexibility index (Phi) is 4.39. The number of hydrogen-bond acceptors (Lipinski definition) is 4. The van der Waals surface area contributed by atoms with Crippen LogP contribution in [0.2, 0.25) is 10.2 Å². The Balaban J connectivity index is 2.22. The molecule has 0 saturated heterocycles. The zero-order valence-corrected chi connectivity index (χ0v) is 14.9. The van der Waals surface area contributed by atoms with E-state index < -0.39 is 21.5 Å².